The minimum atomic E-state index is -0.523. The number of aromatic nitrogens is 2. The fourth-order valence-electron chi connectivity index (χ4n) is 5.57. The second kappa shape index (κ2) is 15.4. The van der Waals surface area contributed by atoms with E-state index in [9.17, 15) is 9.59 Å². The smallest absolute Gasteiger partial charge is 0.410 e. The molecule has 2 aliphatic heterocycles. The number of pyridine rings is 2. The first kappa shape index (κ1) is 34.5. The number of hydrogen-bond acceptors (Lipinski definition) is 9. The maximum absolute atomic E-state index is 12.4. The van der Waals surface area contributed by atoms with E-state index in [0.717, 1.165) is 42.9 Å². The van der Waals surface area contributed by atoms with Gasteiger partial charge in [-0.3, -0.25) is 4.90 Å². The third-order valence-electron chi connectivity index (χ3n) is 7.99. The monoisotopic (exact) mass is 684 g/mol. The van der Waals surface area contributed by atoms with E-state index in [1.165, 1.54) is 0 Å². The summed E-state index contributed by atoms with van der Waals surface area (Å²) < 4.78 is 17.0. The average molecular weight is 686 g/mol. The van der Waals surface area contributed by atoms with Gasteiger partial charge in [-0.25, -0.2) is 19.6 Å². The van der Waals surface area contributed by atoms with Crippen LogP contribution in [0.4, 0.5) is 15.4 Å². The molecule has 0 atom stereocenters. The van der Waals surface area contributed by atoms with Gasteiger partial charge in [-0.1, -0.05) is 23.2 Å². The van der Waals surface area contributed by atoms with Gasteiger partial charge in [0.05, 0.1) is 18.5 Å². The summed E-state index contributed by atoms with van der Waals surface area (Å²) in [5, 5.41) is 3.54. The van der Waals surface area contributed by atoms with Gasteiger partial charge < -0.3 is 29.3 Å². The molecule has 252 valence electrons. The van der Waals surface area contributed by atoms with Crippen LogP contribution in [-0.4, -0.2) is 90.5 Å². The molecule has 0 spiro atoms. The minimum absolute atomic E-state index is 0.292. The van der Waals surface area contributed by atoms with E-state index in [1.54, 1.807) is 24.2 Å². The number of nitrogens with zero attached hydrogens (tertiary/aromatic N) is 5. The molecular formula is C34H42Cl2N6O5. The highest BCUT2D eigenvalue weighted by Crippen LogP contribution is 2.31. The van der Waals surface area contributed by atoms with Gasteiger partial charge >= 0.3 is 12.2 Å². The molecule has 2 fully saturated rings. The number of hydrogen-bond donors (Lipinski definition) is 1. The Kier molecular flexibility index (Phi) is 11.3. The molecule has 13 heteroatoms. The van der Waals surface area contributed by atoms with Crippen molar-refractivity contribution in [1.29, 1.82) is 0 Å². The SMILES string of the molecule is CNC(=O)OCC1CCN(Cc2cc(Oc3ccc(N4CCN(C(=O)OC(C)(C)C)CC4)nc3)nc(-c3cc(Cl)cc(Cl)c3)c2)CC1. The fraction of sp³-hybridized carbons (Fsp3) is 0.471. The van der Waals surface area contributed by atoms with Crippen molar-refractivity contribution < 1.29 is 23.8 Å². The molecule has 47 heavy (non-hydrogen) atoms. The van der Waals surface area contributed by atoms with Crippen LogP contribution < -0.4 is 15.0 Å². The second-order valence-corrected chi connectivity index (χ2v) is 13.7. The lowest BCUT2D eigenvalue weighted by Gasteiger charge is -2.36. The Bertz CT molecular complexity index is 1510. The number of benzene rings is 1. The predicted molar refractivity (Wildman–Crippen MR) is 182 cm³/mol. The van der Waals surface area contributed by atoms with E-state index < -0.39 is 11.7 Å². The Hall–Kier alpha value is -3.80. The van der Waals surface area contributed by atoms with Crippen molar-refractivity contribution in [2.24, 2.45) is 5.92 Å². The number of amides is 2. The standard InChI is InChI=1S/C34H42Cl2N6O5/c1-34(2,3)47-33(44)42-13-11-41(12-14-42)30-6-5-28(20-38-30)46-31-16-24(15-29(39-31)25-17-26(35)19-27(36)18-25)21-40-9-7-23(8-10-40)22-45-32(43)37-4/h5-6,15-20,23H,7-14,21-22H2,1-4H3,(H,37,43). The van der Waals surface area contributed by atoms with E-state index in [2.05, 4.69) is 20.1 Å². The van der Waals surface area contributed by atoms with Crippen molar-refractivity contribution >= 4 is 41.2 Å². The maximum atomic E-state index is 12.4. The lowest BCUT2D eigenvalue weighted by Crippen LogP contribution is -2.50. The maximum Gasteiger partial charge on any atom is 0.410 e. The summed E-state index contributed by atoms with van der Waals surface area (Å²) in [7, 11) is 1.56. The first-order valence-electron chi connectivity index (χ1n) is 15.8. The van der Waals surface area contributed by atoms with Crippen molar-refractivity contribution in [2.75, 3.05) is 57.8 Å². The van der Waals surface area contributed by atoms with E-state index in [0.29, 0.717) is 72.6 Å². The van der Waals surface area contributed by atoms with E-state index in [1.807, 2.05) is 57.2 Å². The molecule has 3 aromatic rings. The number of ether oxygens (including phenoxy) is 3. The molecule has 0 bridgehead atoms. The van der Waals surface area contributed by atoms with Crippen LogP contribution in [-0.2, 0) is 16.0 Å². The molecule has 0 radical (unpaired) electrons. The molecule has 0 aliphatic carbocycles. The predicted octanol–water partition coefficient (Wildman–Crippen LogP) is 6.87. The number of carbonyl (C=O) groups excluding carboxylic acids is 2. The summed E-state index contributed by atoms with van der Waals surface area (Å²) in [5.41, 5.74) is 2.00. The molecule has 0 unspecified atom stereocenters. The number of halogens is 2. The van der Waals surface area contributed by atoms with Crippen LogP contribution in [0.2, 0.25) is 10.0 Å². The van der Waals surface area contributed by atoms with Gasteiger partial charge in [-0.2, -0.15) is 0 Å². The lowest BCUT2D eigenvalue weighted by molar-refractivity contribution is 0.0240. The van der Waals surface area contributed by atoms with Crippen LogP contribution in [0.15, 0.2) is 48.7 Å². The molecule has 0 saturated carbocycles. The molecular weight excluding hydrogens is 643 g/mol. The van der Waals surface area contributed by atoms with Gasteiger partial charge in [0.1, 0.15) is 17.2 Å². The van der Waals surface area contributed by atoms with Crippen molar-refractivity contribution in [1.82, 2.24) is 25.1 Å². The molecule has 1 aromatic carbocycles. The Morgan fingerprint density at radius 1 is 0.957 bits per heavy atom. The Balaban J connectivity index is 1.25. The number of likely N-dealkylation sites (tertiary alicyclic amines) is 1. The molecule has 2 saturated heterocycles. The summed E-state index contributed by atoms with van der Waals surface area (Å²) in [6.45, 7) is 10.9. The molecule has 2 amide bonds. The molecule has 5 rings (SSSR count). The summed E-state index contributed by atoms with van der Waals surface area (Å²) in [6, 6.07) is 13.1. The number of carbonyl (C=O) groups is 2. The molecule has 4 heterocycles. The van der Waals surface area contributed by atoms with Gasteiger partial charge in [-0.05, 0) is 94.6 Å². The number of anilines is 1. The van der Waals surface area contributed by atoms with Crippen molar-refractivity contribution in [2.45, 2.75) is 45.8 Å². The third kappa shape index (κ3) is 10.1. The first-order valence-corrected chi connectivity index (χ1v) is 16.6. The van der Waals surface area contributed by atoms with Crippen molar-refractivity contribution in [3.63, 3.8) is 0 Å². The van der Waals surface area contributed by atoms with Crippen molar-refractivity contribution in [3.05, 3.63) is 64.3 Å². The Labute approximate surface area is 286 Å². The fourth-order valence-corrected chi connectivity index (χ4v) is 6.10. The van der Waals surface area contributed by atoms with Gasteiger partial charge in [0.2, 0.25) is 5.88 Å². The molecule has 11 nitrogen and oxygen atoms in total. The number of alkyl carbamates (subject to hydrolysis) is 1. The third-order valence-corrected chi connectivity index (χ3v) is 8.42. The van der Waals surface area contributed by atoms with E-state index in [-0.39, 0.29) is 6.09 Å². The van der Waals surface area contributed by atoms with Crippen LogP contribution in [0.3, 0.4) is 0 Å². The number of piperidine rings is 1. The minimum Gasteiger partial charge on any atom is -0.449 e. The van der Waals surface area contributed by atoms with Crippen LogP contribution >= 0.6 is 23.2 Å². The van der Waals surface area contributed by atoms with Gasteiger partial charge in [0, 0.05) is 61.4 Å². The Morgan fingerprint density at radius 2 is 1.66 bits per heavy atom. The highest BCUT2D eigenvalue weighted by atomic mass is 35.5. The van der Waals surface area contributed by atoms with Gasteiger partial charge in [0.15, 0.2) is 0 Å². The summed E-state index contributed by atoms with van der Waals surface area (Å²) in [5.74, 6) is 2.13. The van der Waals surface area contributed by atoms with Gasteiger partial charge in [-0.15, -0.1) is 0 Å². The topological polar surface area (TPSA) is 109 Å². The van der Waals surface area contributed by atoms with Crippen LogP contribution in [0.5, 0.6) is 11.6 Å². The zero-order valence-electron chi connectivity index (χ0n) is 27.3. The summed E-state index contributed by atoms with van der Waals surface area (Å²) >= 11 is 12.7. The number of nitrogens with one attached hydrogen (secondary N) is 1. The first-order chi connectivity index (χ1) is 22.4. The van der Waals surface area contributed by atoms with Crippen LogP contribution in [0, 0.1) is 5.92 Å². The van der Waals surface area contributed by atoms with Crippen LogP contribution in [0.25, 0.3) is 11.3 Å². The Morgan fingerprint density at radius 3 is 2.28 bits per heavy atom. The quantitative estimate of drug-likeness (QED) is 0.272. The van der Waals surface area contributed by atoms with E-state index >= 15 is 0 Å². The zero-order chi connectivity index (χ0) is 33.6. The number of piperazine rings is 1. The lowest BCUT2D eigenvalue weighted by atomic mass is 9.97. The molecule has 2 aliphatic rings. The van der Waals surface area contributed by atoms with E-state index in [4.69, 9.17) is 42.4 Å². The van der Waals surface area contributed by atoms with Crippen LogP contribution in [0.1, 0.15) is 39.2 Å². The largest absolute Gasteiger partial charge is 0.449 e. The summed E-state index contributed by atoms with van der Waals surface area (Å²) in [4.78, 5) is 39.6. The molecule has 2 aromatic heterocycles. The normalized spacial score (nSPS) is 16.1. The second-order valence-electron chi connectivity index (χ2n) is 12.8. The van der Waals surface area contributed by atoms with Crippen molar-refractivity contribution in [3.8, 4) is 22.9 Å². The average Bonchev–Trinajstić information content (AvgIpc) is 3.03. The number of rotatable bonds is 8. The molecule has 1 N–H and O–H groups in total. The highest BCUT2D eigenvalue weighted by Gasteiger charge is 2.26. The zero-order valence-corrected chi connectivity index (χ0v) is 28.8. The highest BCUT2D eigenvalue weighted by molar-refractivity contribution is 6.35. The summed E-state index contributed by atoms with van der Waals surface area (Å²) in [6.07, 6.45) is 2.88. The van der Waals surface area contributed by atoms with Gasteiger partial charge in [0.25, 0.3) is 0 Å².